The van der Waals surface area contributed by atoms with E-state index in [0.717, 1.165) is 5.52 Å². The molecule has 2 rings (SSSR count). The van der Waals surface area contributed by atoms with Crippen molar-refractivity contribution in [3.63, 3.8) is 0 Å². The molecule has 0 bridgehead atoms. The molecule has 0 saturated carbocycles. The number of aromatic nitrogens is 1. The second-order valence-corrected chi connectivity index (χ2v) is 5.46. The first-order chi connectivity index (χ1) is 10.8. The van der Waals surface area contributed by atoms with Crippen molar-refractivity contribution < 1.29 is 18.0 Å². The van der Waals surface area contributed by atoms with Crippen LogP contribution in [0.4, 0.5) is 13.2 Å². The molecule has 2 aromatic rings. The maximum atomic E-state index is 12.6. The molecule has 0 fully saturated rings. The van der Waals surface area contributed by atoms with Crippen LogP contribution in [0.15, 0.2) is 24.4 Å². The Bertz CT molecular complexity index is 748. The Kier molecular flexibility index (Phi) is 5.16. The van der Waals surface area contributed by atoms with E-state index in [1.54, 1.807) is 30.5 Å². The van der Waals surface area contributed by atoms with E-state index < -0.39 is 18.6 Å². The summed E-state index contributed by atoms with van der Waals surface area (Å²) in [5.74, 6) is -0.682. The number of nitrogens with one attached hydrogen (secondary N) is 1. The fraction of sp³-hybridized carbons (Fsp3) is 0.333. The maximum Gasteiger partial charge on any atom is 0.406 e. The van der Waals surface area contributed by atoms with Crippen LogP contribution in [0.2, 0.25) is 5.02 Å². The minimum absolute atomic E-state index is 0.151. The Hall–Kier alpha value is -2.20. The number of hydrogen-bond acceptors (Lipinski definition) is 2. The van der Waals surface area contributed by atoms with Gasteiger partial charge in [0.15, 0.2) is 0 Å². The van der Waals surface area contributed by atoms with Crippen molar-refractivity contribution in [3.05, 3.63) is 35.0 Å². The van der Waals surface area contributed by atoms with Gasteiger partial charge in [0.1, 0.15) is 6.54 Å². The van der Waals surface area contributed by atoms with Gasteiger partial charge in [-0.2, -0.15) is 18.4 Å². The number of carbonyl (C=O) groups excluding carboxylic acids is 1. The number of aromatic amines is 1. The predicted molar refractivity (Wildman–Crippen MR) is 79.9 cm³/mol. The van der Waals surface area contributed by atoms with Crippen molar-refractivity contribution in [1.82, 2.24) is 9.88 Å². The summed E-state index contributed by atoms with van der Waals surface area (Å²) in [5, 5.41) is 9.70. The zero-order valence-corrected chi connectivity index (χ0v) is 12.7. The summed E-state index contributed by atoms with van der Waals surface area (Å²) in [6.07, 6.45) is -3.27. The number of hydrogen-bond donors (Lipinski definition) is 1. The highest BCUT2D eigenvalue weighted by Crippen LogP contribution is 2.24. The first-order valence-corrected chi connectivity index (χ1v) is 7.15. The molecule has 1 N–H and O–H groups in total. The van der Waals surface area contributed by atoms with Gasteiger partial charge in [-0.3, -0.25) is 4.79 Å². The van der Waals surface area contributed by atoms with Crippen molar-refractivity contribution in [2.24, 2.45) is 0 Å². The molecule has 0 saturated heterocycles. The fourth-order valence-corrected chi connectivity index (χ4v) is 2.44. The van der Waals surface area contributed by atoms with Gasteiger partial charge in [0.05, 0.1) is 18.9 Å². The average Bonchev–Trinajstić information content (AvgIpc) is 2.84. The lowest BCUT2D eigenvalue weighted by Gasteiger charge is -2.23. The monoisotopic (exact) mass is 343 g/mol. The first kappa shape index (κ1) is 17.2. The predicted octanol–water partition coefficient (Wildman–Crippen LogP) is 3.67. The second-order valence-electron chi connectivity index (χ2n) is 5.02. The molecular weight excluding hydrogens is 331 g/mol. The van der Waals surface area contributed by atoms with Gasteiger partial charge >= 0.3 is 6.18 Å². The summed E-state index contributed by atoms with van der Waals surface area (Å²) in [5.41, 5.74) is 1.31. The van der Waals surface area contributed by atoms with E-state index >= 15 is 0 Å². The summed E-state index contributed by atoms with van der Waals surface area (Å²) in [6, 6.07) is 6.81. The Morgan fingerprint density at radius 2 is 2.13 bits per heavy atom. The molecule has 1 aromatic heterocycles. The van der Waals surface area contributed by atoms with E-state index in [0.29, 0.717) is 20.9 Å². The summed E-state index contributed by atoms with van der Waals surface area (Å²) in [7, 11) is 0. The maximum absolute atomic E-state index is 12.6. The van der Waals surface area contributed by atoms with Crippen LogP contribution in [0.1, 0.15) is 12.0 Å². The molecule has 0 radical (unpaired) electrons. The summed E-state index contributed by atoms with van der Waals surface area (Å²) < 4.78 is 37.7. The number of nitrogens with zero attached hydrogens (tertiary/aromatic N) is 2. The molecule has 0 atom stereocenters. The quantitative estimate of drug-likeness (QED) is 0.900. The minimum Gasteiger partial charge on any atom is -0.361 e. The van der Waals surface area contributed by atoms with Gasteiger partial charge in [0, 0.05) is 28.7 Å². The van der Waals surface area contributed by atoms with E-state index in [1.807, 2.05) is 0 Å². The Labute approximate surface area is 135 Å². The van der Waals surface area contributed by atoms with E-state index in [2.05, 4.69) is 4.98 Å². The van der Waals surface area contributed by atoms with Crippen LogP contribution in [-0.4, -0.2) is 35.1 Å². The number of halogens is 4. The van der Waals surface area contributed by atoms with Crippen molar-refractivity contribution in [3.8, 4) is 6.07 Å². The number of rotatable bonds is 5. The Balaban J connectivity index is 2.19. The van der Waals surface area contributed by atoms with Gasteiger partial charge in [0.2, 0.25) is 5.91 Å². The van der Waals surface area contributed by atoms with Crippen molar-refractivity contribution >= 4 is 28.4 Å². The Morgan fingerprint density at radius 1 is 1.39 bits per heavy atom. The molecule has 0 unspecified atom stereocenters. The van der Waals surface area contributed by atoms with Gasteiger partial charge in [-0.15, -0.1) is 0 Å². The molecular formula is C15H13ClF3N3O. The van der Waals surface area contributed by atoms with Crippen LogP contribution in [0.5, 0.6) is 0 Å². The molecule has 1 heterocycles. The largest absolute Gasteiger partial charge is 0.406 e. The van der Waals surface area contributed by atoms with Crippen molar-refractivity contribution in [2.75, 3.05) is 13.1 Å². The number of H-pyrrole nitrogens is 1. The molecule has 0 aliphatic carbocycles. The first-order valence-electron chi connectivity index (χ1n) is 6.77. The van der Waals surface area contributed by atoms with Gasteiger partial charge in [-0.25, -0.2) is 0 Å². The topological polar surface area (TPSA) is 59.9 Å². The smallest absolute Gasteiger partial charge is 0.361 e. The Morgan fingerprint density at radius 3 is 2.78 bits per heavy atom. The lowest BCUT2D eigenvalue weighted by molar-refractivity contribution is -0.160. The third kappa shape index (κ3) is 4.63. The van der Waals surface area contributed by atoms with E-state index in [9.17, 15) is 18.0 Å². The highest BCUT2D eigenvalue weighted by molar-refractivity contribution is 6.31. The molecule has 1 amide bonds. The highest BCUT2D eigenvalue weighted by atomic mass is 35.5. The number of amides is 1. The van der Waals surface area contributed by atoms with Crippen molar-refractivity contribution in [1.29, 1.82) is 5.26 Å². The molecule has 23 heavy (non-hydrogen) atoms. The number of benzene rings is 1. The number of carbonyl (C=O) groups is 1. The van der Waals surface area contributed by atoms with Crippen molar-refractivity contribution in [2.45, 2.75) is 19.0 Å². The molecule has 1 aromatic carbocycles. The van der Waals surface area contributed by atoms with Crippen LogP contribution >= 0.6 is 11.6 Å². The van der Waals surface area contributed by atoms with E-state index in [-0.39, 0.29) is 19.4 Å². The third-order valence-electron chi connectivity index (χ3n) is 3.29. The van der Waals surface area contributed by atoms with Crippen LogP contribution in [0.3, 0.4) is 0 Å². The summed E-state index contributed by atoms with van der Waals surface area (Å²) >= 11 is 5.91. The number of alkyl halides is 3. The van der Waals surface area contributed by atoms with Crippen LogP contribution < -0.4 is 0 Å². The minimum atomic E-state index is -4.51. The number of fused-ring (bicyclic) bond motifs is 1. The van der Waals surface area contributed by atoms with Gasteiger partial charge < -0.3 is 9.88 Å². The molecule has 0 aliphatic heterocycles. The molecule has 8 heteroatoms. The summed E-state index contributed by atoms with van der Waals surface area (Å²) in [4.78, 5) is 15.8. The van der Waals surface area contributed by atoms with Gasteiger partial charge in [0.25, 0.3) is 0 Å². The van der Waals surface area contributed by atoms with E-state index in [1.165, 1.54) is 0 Å². The number of nitriles is 1. The van der Waals surface area contributed by atoms with Crippen LogP contribution in [0, 0.1) is 11.3 Å². The highest BCUT2D eigenvalue weighted by Gasteiger charge is 2.32. The fourth-order valence-electron chi connectivity index (χ4n) is 2.26. The normalized spacial score (nSPS) is 11.4. The SMILES string of the molecule is N#CCCN(CC(F)(F)F)C(=O)Cc1c[nH]c2ccc(Cl)cc12. The average molecular weight is 344 g/mol. The van der Waals surface area contributed by atoms with Crippen LogP contribution in [0.25, 0.3) is 10.9 Å². The second kappa shape index (κ2) is 6.92. The van der Waals surface area contributed by atoms with E-state index in [4.69, 9.17) is 16.9 Å². The lowest BCUT2D eigenvalue weighted by Crippen LogP contribution is -2.40. The molecule has 4 nitrogen and oxygen atoms in total. The summed E-state index contributed by atoms with van der Waals surface area (Å²) in [6.45, 7) is -1.62. The zero-order chi connectivity index (χ0) is 17.0. The van der Waals surface area contributed by atoms with Crippen LogP contribution in [-0.2, 0) is 11.2 Å². The molecule has 122 valence electrons. The molecule has 0 aliphatic rings. The third-order valence-corrected chi connectivity index (χ3v) is 3.52. The standard InChI is InChI=1S/C15H13ClF3N3O/c16-11-2-3-13-12(7-11)10(8-21-13)6-14(23)22(5-1-4-20)9-15(17,18)19/h2-3,7-8,21H,1,5-6,9H2. The lowest BCUT2D eigenvalue weighted by atomic mass is 10.1. The van der Waals surface area contributed by atoms with Gasteiger partial charge in [-0.05, 0) is 23.8 Å². The zero-order valence-electron chi connectivity index (χ0n) is 12.0. The molecule has 0 spiro atoms. The van der Waals surface area contributed by atoms with Gasteiger partial charge in [-0.1, -0.05) is 11.6 Å².